The molecule has 1 amide bonds. The lowest BCUT2D eigenvalue weighted by molar-refractivity contribution is 0.0730. The summed E-state index contributed by atoms with van der Waals surface area (Å²) in [5.41, 5.74) is 6.24. The topological polar surface area (TPSA) is 82.1 Å². The van der Waals surface area contributed by atoms with Crippen molar-refractivity contribution in [2.45, 2.75) is 31.3 Å². The Morgan fingerprint density at radius 3 is 2.64 bits per heavy atom. The third kappa shape index (κ3) is 3.68. The molecule has 0 saturated heterocycles. The highest BCUT2D eigenvalue weighted by Crippen LogP contribution is 2.46. The van der Waals surface area contributed by atoms with Crippen LogP contribution in [-0.2, 0) is 6.54 Å². The standard InChI is InChI=1S/C26H24N4O2S/c1-15-11-16(2)25(31)20(12-15)22-21-23(29-28-22)26(32)30(14-17-5-4-10-27-13-17)24(21)18-6-8-19(33-3)9-7-18/h4-13,24,31H,14H2,1-3H3,(H,28,29). The summed E-state index contributed by atoms with van der Waals surface area (Å²) >= 11 is 1.68. The van der Waals surface area contributed by atoms with E-state index in [1.807, 2.05) is 49.3 Å². The SMILES string of the molecule is CSc1ccc(C2c3c(-c4cc(C)cc(C)c4O)n[nH]c3C(=O)N2Cc2cccnc2)cc1. The minimum atomic E-state index is -0.336. The third-order valence-corrected chi connectivity index (χ3v) is 6.81. The average Bonchev–Trinajstić information content (AvgIpc) is 3.36. The largest absolute Gasteiger partial charge is 0.507 e. The normalized spacial score (nSPS) is 15.2. The third-order valence-electron chi connectivity index (χ3n) is 6.07. The van der Waals surface area contributed by atoms with Gasteiger partial charge in [-0.15, -0.1) is 11.8 Å². The average molecular weight is 457 g/mol. The second kappa shape index (κ2) is 8.41. The van der Waals surface area contributed by atoms with Gasteiger partial charge in [0.2, 0.25) is 0 Å². The molecular weight excluding hydrogens is 432 g/mol. The fourth-order valence-corrected chi connectivity index (χ4v) is 4.93. The number of hydrogen-bond donors (Lipinski definition) is 2. The molecule has 166 valence electrons. The molecule has 0 radical (unpaired) electrons. The zero-order chi connectivity index (χ0) is 23.1. The molecular formula is C26H24N4O2S. The van der Waals surface area contributed by atoms with Gasteiger partial charge in [-0.1, -0.05) is 24.3 Å². The molecule has 5 rings (SSSR count). The molecule has 0 spiro atoms. The fraction of sp³-hybridized carbons (Fsp3) is 0.192. The summed E-state index contributed by atoms with van der Waals surface area (Å²) in [5.74, 6) is 0.0694. The molecule has 7 heteroatoms. The molecule has 2 N–H and O–H groups in total. The Labute approximate surface area is 196 Å². The number of carbonyl (C=O) groups is 1. The number of benzene rings is 2. The maximum atomic E-state index is 13.5. The van der Waals surface area contributed by atoms with E-state index in [2.05, 4.69) is 39.4 Å². The Balaban J connectivity index is 1.68. The maximum absolute atomic E-state index is 13.5. The molecule has 1 aliphatic heterocycles. The van der Waals surface area contributed by atoms with E-state index in [1.54, 1.807) is 24.2 Å². The predicted octanol–water partition coefficient (Wildman–Crippen LogP) is 5.26. The summed E-state index contributed by atoms with van der Waals surface area (Å²) in [6.07, 6.45) is 5.54. The summed E-state index contributed by atoms with van der Waals surface area (Å²) in [4.78, 5) is 20.7. The van der Waals surface area contributed by atoms with Gasteiger partial charge in [-0.05, 0) is 66.6 Å². The predicted molar refractivity (Wildman–Crippen MR) is 129 cm³/mol. The minimum Gasteiger partial charge on any atom is -0.507 e. The summed E-state index contributed by atoms with van der Waals surface area (Å²) in [6.45, 7) is 4.28. The number of aromatic amines is 1. The first-order valence-electron chi connectivity index (χ1n) is 10.7. The van der Waals surface area contributed by atoms with Crippen molar-refractivity contribution < 1.29 is 9.90 Å². The molecule has 2 aromatic heterocycles. The lowest BCUT2D eigenvalue weighted by Gasteiger charge is -2.26. The van der Waals surface area contributed by atoms with Crippen LogP contribution in [0, 0.1) is 13.8 Å². The van der Waals surface area contributed by atoms with Crippen LogP contribution >= 0.6 is 11.8 Å². The van der Waals surface area contributed by atoms with Crippen LogP contribution in [0.15, 0.2) is 65.8 Å². The highest BCUT2D eigenvalue weighted by Gasteiger charge is 2.42. The van der Waals surface area contributed by atoms with Crippen molar-refractivity contribution in [1.82, 2.24) is 20.1 Å². The Morgan fingerprint density at radius 1 is 1.15 bits per heavy atom. The quantitative estimate of drug-likeness (QED) is 0.400. The number of phenolic OH excluding ortho intramolecular Hbond substituents is 1. The van der Waals surface area contributed by atoms with Gasteiger partial charge in [-0.25, -0.2) is 0 Å². The molecule has 1 atom stereocenters. The van der Waals surface area contributed by atoms with Crippen LogP contribution < -0.4 is 0 Å². The van der Waals surface area contributed by atoms with Gasteiger partial charge < -0.3 is 10.0 Å². The van der Waals surface area contributed by atoms with Crippen molar-refractivity contribution in [3.05, 3.63) is 94.4 Å². The van der Waals surface area contributed by atoms with E-state index in [1.165, 1.54) is 0 Å². The van der Waals surface area contributed by atoms with E-state index >= 15 is 0 Å². The summed E-state index contributed by atoms with van der Waals surface area (Å²) in [6, 6.07) is 15.6. The summed E-state index contributed by atoms with van der Waals surface area (Å²) < 4.78 is 0. The number of aryl methyl sites for hydroxylation is 2. The molecule has 0 bridgehead atoms. The van der Waals surface area contributed by atoms with Gasteiger partial charge in [0.25, 0.3) is 5.91 Å². The van der Waals surface area contributed by atoms with Gasteiger partial charge in [0.15, 0.2) is 0 Å². The van der Waals surface area contributed by atoms with Crippen LogP contribution in [0.5, 0.6) is 5.75 Å². The van der Waals surface area contributed by atoms with Crippen molar-refractivity contribution in [2.24, 2.45) is 0 Å². The Kier molecular flexibility index (Phi) is 5.42. The first kappa shape index (κ1) is 21.3. The first-order chi connectivity index (χ1) is 16.0. The van der Waals surface area contributed by atoms with Crippen molar-refractivity contribution in [3.8, 4) is 17.0 Å². The summed E-state index contributed by atoms with van der Waals surface area (Å²) in [5, 5.41) is 18.3. The van der Waals surface area contributed by atoms with Gasteiger partial charge >= 0.3 is 0 Å². The molecule has 0 aliphatic carbocycles. The van der Waals surface area contributed by atoms with Crippen LogP contribution in [0.4, 0.5) is 0 Å². The number of thioether (sulfide) groups is 1. The van der Waals surface area contributed by atoms with E-state index in [9.17, 15) is 9.90 Å². The Morgan fingerprint density at radius 2 is 1.94 bits per heavy atom. The van der Waals surface area contributed by atoms with Crippen molar-refractivity contribution in [3.63, 3.8) is 0 Å². The second-order valence-corrected chi connectivity index (χ2v) is 9.19. The molecule has 1 aliphatic rings. The highest BCUT2D eigenvalue weighted by molar-refractivity contribution is 7.98. The number of aromatic hydroxyl groups is 1. The van der Waals surface area contributed by atoms with Crippen LogP contribution in [0.1, 0.15) is 44.3 Å². The number of nitrogens with zero attached hydrogens (tertiary/aromatic N) is 3. The molecule has 2 aromatic carbocycles. The minimum absolute atomic E-state index is 0.115. The first-order valence-corrected chi connectivity index (χ1v) is 11.9. The fourth-order valence-electron chi connectivity index (χ4n) is 4.53. The van der Waals surface area contributed by atoms with Crippen LogP contribution in [-0.4, -0.2) is 37.4 Å². The summed E-state index contributed by atoms with van der Waals surface area (Å²) in [7, 11) is 0. The number of amides is 1. The number of H-pyrrole nitrogens is 1. The van der Waals surface area contributed by atoms with Gasteiger partial charge in [-0.3, -0.25) is 14.9 Å². The van der Waals surface area contributed by atoms with E-state index in [4.69, 9.17) is 0 Å². The number of nitrogens with one attached hydrogen (secondary N) is 1. The van der Waals surface area contributed by atoms with E-state index < -0.39 is 0 Å². The van der Waals surface area contributed by atoms with Crippen molar-refractivity contribution >= 4 is 17.7 Å². The van der Waals surface area contributed by atoms with Gasteiger partial charge in [0.05, 0.1) is 6.04 Å². The zero-order valence-corrected chi connectivity index (χ0v) is 19.5. The smallest absolute Gasteiger partial charge is 0.273 e. The number of carbonyl (C=O) groups excluding carboxylic acids is 1. The second-order valence-electron chi connectivity index (χ2n) is 8.31. The number of phenols is 1. The number of rotatable bonds is 5. The monoisotopic (exact) mass is 456 g/mol. The molecule has 33 heavy (non-hydrogen) atoms. The number of aromatic nitrogens is 3. The molecule has 0 fully saturated rings. The van der Waals surface area contributed by atoms with E-state index in [0.717, 1.165) is 32.7 Å². The number of fused-ring (bicyclic) bond motifs is 1. The number of hydrogen-bond acceptors (Lipinski definition) is 5. The van der Waals surface area contributed by atoms with Crippen LogP contribution in [0.3, 0.4) is 0 Å². The van der Waals surface area contributed by atoms with Gasteiger partial charge in [0, 0.05) is 35.0 Å². The van der Waals surface area contributed by atoms with E-state index in [0.29, 0.717) is 23.5 Å². The lowest BCUT2D eigenvalue weighted by atomic mass is 9.94. The highest BCUT2D eigenvalue weighted by atomic mass is 32.2. The lowest BCUT2D eigenvalue weighted by Crippen LogP contribution is -2.29. The Hall–Kier alpha value is -3.58. The van der Waals surface area contributed by atoms with Crippen molar-refractivity contribution in [1.29, 1.82) is 0 Å². The molecule has 3 heterocycles. The van der Waals surface area contributed by atoms with Gasteiger partial charge in [0.1, 0.15) is 17.1 Å². The van der Waals surface area contributed by atoms with Crippen LogP contribution in [0.2, 0.25) is 0 Å². The van der Waals surface area contributed by atoms with E-state index in [-0.39, 0.29) is 17.7 Å². The molecule has 4 aromatic rings. The van der Waals surface area contributed by atoms with Gasteiger partial charge in [-0.2, -0.15) is 5.10 Å². The zero-order valence-electron chi connectivity index (χ0n) is 18.7. The molecule has 1 unspecified atom stereocenters. The van der Waals surface area contributed by atoms with Crippen LogP contribution in [0.25, 0.3) is 11.3 Å². The Bertz CT molecular complexity index is 1330. The molecule has 6 nitrogen and oxygen atoms in total. The maximum Gasteiger partial charge on any atom is 0.273 e. The number of pyridine rings is 1. The molecule has 0 saturated carbocycles. The van der Waals surface area contributed by atoms with Crippen molar-refractivity contribution in [2.75, 3.05) is 6.26 Å².